The molecule has 0 atom stereocenters. The topological polar surface area (TPSA) is 75.7 Å². The van der Waals surface area contributed by atoms with Crippen LogP contribution < -0.4 is 10.1 Å². The van der Waals surface area contributed by atoms with Crippen LogP contribution in [0.3, 0.4) is 0 Å². The number of rotatable bonds is 6. The van der Waals surface area contributed by atoms with Gasteiger partial charge < -0.3 is 10.1 Å². The molecule has 0 spiro atoms. The lowest BCUT2D eigenvalue weighted by molar-refractivity contribution is -0.116. The minimum atomic E-state index is -3.99. The van der Waals surface area contributed by atoms with E-state index >= 15 is 0 Å². The molecule has 10 heteroatoms. The van der Waals surface area contributed by atoms with Crippen molar-refractivity contribution in [1.29, 1.82) is 0 Å². The van der Waals surface area contributed by atoms with E-state index in [1.165, 1.54) is 32.4 Å². The highest BCUT2D eigenvalue weighted by Crippen LogP contribution is 2.28. The first-order valence-electron chi connectivity index (χ1n) is 7.20. The number of ether oxygens (including phenoxy) is 1. The molecule has 0 aromatic heterocycles. The van der Waals surface area contributed by atoms with E-state index in [1.807, 2.05) is 0 Å². The SMILES string of the molecule is COc1ccc(S(=O)(=O)N(C)CC(=O)Nc2ccc(F)c(F)c2)cc1Cl. The summed E-state index contributed by atoms with van der Waals surface area (Å²) in [5.41, 5.74) is 0.00666. The van der Waals surface area contributed by atoms with Crippen LogP contribution in [0, 0.1) is 11.6 Å². The Morgan fingerprint density at radius 3 is 2.46 bits per heavy atom. The van der Waals surface area contributed by atoms with Crippen LogP contribution in [0.5, 0.6) is 5.75 Å². The van der Waals surface area contributed by atoms with Gasteiger partial charge >= 0.3 is 0 Å². The minimum absolute atomic E-state index is 0.00666. The Labute approximate surface area is 154 Å². The molecule has 6 nitrogen and oxygen atoms in total. The minimum Gasteiger partial charge on any atom is -0.495 e. The van der Waals surface area contributed by atoms with Crippen molar-refractivity contribution in [2.75, 3.05) is 26.0 Å². The summed E-state index contributed by atoms with van der Waals surface area (Å²) < 4.78 is 56.8. The van der Waals surface area contributed by atoms with Crippen molar-refractivity contribution in [2.24, 2.45) is 0 Å². The number of nitrogens with zero attached hydrogens (tertiary/aromatic N) is 1. The van der Waals surface area contributed by atoms with Crippen molar-refractivity contribution < 1.29 is 26.7 Å². The zero-order chi connectivity index (χ0) is 19.5. The fraction of sp³-hybridized carbons (Fsp3) is 0.188. The van der Waals surface area contributed by atoms with Gasteiger partial charge in [0.25, 0.3) is 0 Å². The number of nitrogens with one attached hydrogen (secondary N) is 1. The van der Waals surface area contributed by atoms with E-state index in [9.17, 15) is 22.0 Å². The molecule has 2 aromatic rings. The Kier molecular flexibility index (Phi) is 6.17. The molecule has 0 heterocycles. The Bertz CT molecular complexity index is 938. The molecular weight excluding hydrogens is 390 g/mol. The average molecular weight is 405 g/mol. The molecule has 2 aromatic carbocycles. The van der Waals surface area contributed by atoms with E-state index in [2.05, 4.69) is 5.32 Å². The van der Waals surface area contributed by atoms with Gasteiger partial charge in [0.05, 0.1) is 23.6 Å². The molecule has 26 heavy (non-hydrogen) atoms. The third-order valence-electron chi connectivity index (χ3n) is 3.40. The van der Waals surface area contributed by atoms with Crippen LogP contribution >= 0.6 is 11.6 Å². The number of carbonyl (C=O) groups is 1. The van der Waals surface area contributed by atoms with Crippen molar-refractivity contribution in [3.05, 3.63) is 53.1 Å². The van der Waals surface area contributed by atoms with Crippen LogP contribution in [0.15, 0.2) is 41.3 Å². The number of amides is 1. The molecule has 1 N–H and O–H groups in total. The summed E-state index contributed by atoms with van der Waals surface area (Å²) in [6.07, 6.45) is 0. The molecule has 0 aliphatic carbocycles. The van der Waals surface area contributed by atoms with Crippen LogP contribution in [0.2, 0.25) is 5.02 Å². The van der Waals surface area contributed by atoms with Gasteiger partial charge in [-0.25, -0.2) is 17.2 Å². The highest BCUT2D eigenvalue weighted by Gasteiger charge is 2.24. The lowest BCUT2D eigenvalue weighted by Gasteiger charge is -2.17. The first-order valence-corrected chi connectivity index (χ1v) is 9.01. The van der Waals surface area contributed by atoms with E-state index in [0.29, 0.717) is 5.75 Å². The average Bonchev–Trinajstić information content (AvgIpc) is 2.57. The van der Waals surface area contributed by atoms with Crippen LogP contribution in [0.25, 0.3) is 0 Å². The number of hydrogen-bond acceptors (Lipinski definition) is 4. The molecule has 0 bridgehead atoms. The normalized spacial score (nSPS) is 11.5. The van der Waals surface area contributed by atoms with Gasteiger partial charge in [-0.05, 0) is 30.3 Å². The highest BCUT2D eigenvalue weighted by molar-refractivity contribution is 7.89. The number of halogens is 3. The smallest absolute Gasteiger partial charge is 0.243 e. The standard InChI is InChI=1S/C16H15ClF2N2O4S/c1-21(9-16(22)20-10-3-5-13(18)14(19)7-10)26(23,24)11-4-6-15(25-2)12(17)8-11/h3-8H,9H2,1-2H3,(H,20,22). The van der Waals surface area contributed by atoms with Gasteiger partial charge in [0.2, 0.25) is 15.9 Å². The first-order chi connectivity index (χ1) is 12.1. The predicted octanol–water partition coefficient (Wildman–Crippen LogP) is 2.89. The Balaban J connectivity index is 2.11. The Morgan fingerprint density at radius 2 is 1.88 bits per heavy atom. The second kappa shape index (κ2) is 7.98. The van der Waals surface area contributed by atoms with Gasteiger partial charge in [0.1, 0.15) is 5.75 Å². The number of benzene rings is 2. The van der Waals surface area contributed by atoms with Gasteiger partial charge in [-0.2, -0.15) is 4.31 Å². The molecule has 2 rings (SSSR count). The number of carbonyl (C=O) groups excluding carboxylic acids is 1. The fourth-order valence-electron chi connectivity index (χ4n) is 2.05. The second-order valence-electron chi connectivity index (χ2n) is 5.23. The third kappa shape index (κ3) is 4.48. The van der Waals surface area contributed by atoms with Crippen LogP contribution in [0.1, 0.15) is 0 Å². The molecule has 0 fully saturated rings. The maximum atomic E-state index is 13.1. The summed E-state index contributed by atoms with van der Waals surface area (Å²) in [5, 5.41) is 2.40. The van der Waals surface area contributed by atoms with Gasteiger partial charge in [-0.1, -0.05) is 11.6 Å². The zero-order valence-electron chi connectivity index (χ0n) is 13.8. The lowest BCUT2D eigenvalue weighted by atomic mass is 10.3. The summed E-state index contributed by atoms with van der Waals surface area (Å²) in [6.45, 7) is -0.537. The van der Waals surface area contributed by atoms with Crippen LogP contribution in [-0.2, 0) is 14.8 Å². The van der Waals surface area contributed by atoms with Crippen LogP contribution in [-0.4, -0.2) is 39.3 Å². The molecule has 0 unspecified atom stereocenters. The van der Waals surface area contributed by atoms with Gasteiger partial charge in [-0.3, -0.25) is 4.79 Å². The molecular formula is C16H15ClF2N2O4S. The summed E-state index contributed by atoms with van der Waals surface area (Å²) in [6, 6.07) is 6.71. The van der Waals surface area contributed by atoms with E-state index in [4.69, 9.17) is 16.3 Å². The first kappa shape index (κ1) is 20.1. The Morgan fingerprint density at radius 1 is 1.19 bits per heavy atom. The largest absolute Gasteiger partial charge is 0.495 e. The third-order valence-corrected chi connectivity index (χ3v) is 5.50. The number of hydrogen-bond donors (Lipinski definition) is 1. The number of sulfonamides is 1. The maximum absolute atomic E-state index is 13.1. The van der Waals surface area contributed by atoms with Crippen molar-refractivity contribution in [3.63, 3.8) is 0 Å². The van der Waals surface area contributed by atoms with Crippen LogP contribution in [0.4, 0.5) is 14.5 Å². The van der Waals surface area contributed by atoms with Crippen molar-refractivity contribution >= 4 is 33.2 Å². The number of methoxy groups -OCH3 is 1. The van der Waals surface area contributed by atoms with Crippen molar-refractivity contribution in [1.82, 2.24) is 4.31 Å². The van der Waals surface area contributed by atoms with E-state index in [1.54, 1.807) is 0 Å². The predicted molar refractivity (Wildman–Crippen MR) is 92.8 cm³/mol. The summed E-state index contributed by atoms with van der Waals surface area (Å²) in [7, 11) is -1.39. The molecule has 1 amide bonds. The zero-order valence-corrected chi connectivity index (χ0v) is 15.4. The van der Waals surface area contributed by atoms with Crippen molar-refractivity contribution in [3.8, 4) is 5.75 Å². The summed E-state index contributed by atoms with van der Waals surface area (Å²) in [4.78, 5) is 11.9. The fourth-order valence-corrected chi connectivity index (χ4v) is 3.53. The molecule has 0 saturated carbocycles. The molecule has 0 saturated heterocycles. The summed E-state index contributed by atoms with van der Waals surface area (Å²) in [5.74, 6) is -2.60. The number of likely N-dealkylation sites (N-methyl/N-ethyl adjacent to an activating group) is 1. The monoisotopic (exact) mass is 404 g/mol. The maximum Gasteiger partial charge on any atom is 0.243 e. The van der Waals surface area contributed by atoms with Gasteiger partial charge in [-0.15, -0.1) is 0 Å². The van der Waals surface area contributed by atoms with Crippen molar-refractivity contribution in [2.45, 2.75) is 4.90 Å². The summed E-state index contributed by atoms with van der Waals surface area (Å²) >= 11 is 5.93. The van der Waals surface area contributed by atoms with Gasteiger partial charge in [0.15, 0.2) is 11.6 Å². The number of anilines is 1. The Hall–Kier alpha value is -2.23. The quantitative estimate of drug-likeness (QED) is 0.803. The molecule has 0 aliphatic rings. The lowest BCUT2D eigenvalue weighted by Crippen LogP contribution is -2.35. The molecule has 140 valence electrons. The highest BCUT2D eigenvalue weighted by atomic mass is 35.5. The molecule has 0 aliphatic heterocycles. The molecule has 0 radical (unpaired) electrons. The second-order valence-corrected chi connectivity index (χ2v) is 7.69. The van der Waals surface area contributed by atoms with E-state index < -0.39 is 34.1 Å². The van der Waals surface area contributed by atoms with E-state index in [0.717, 1.165) is 22.5 Å². The van der Waals surface area contributed by atoms with Gasteiger partial charge in [0, 0.05) is 18.8 Å². The van der Waals surface area contributed by atoms with E-state index in [-0.39, 0.29) is 15.6 Å².